The fourth-order valence-electron chi connectivity index (χ4n) is 1.65. The van der Waals surface area contributed by atoms with Crippen LogP contribution >= 0.6 is 22.7 Å². The summed E-state index contributed by atoms with van der Waals surface area (Å²) in [6.45, 7) is 0. The minimum Gasteiger partial charge on any atom is -0.384 e. The van der Waals surface area contributed by atoms with E-state index >= 15 is 0 Å². The summed E-state index contributed by atoms with van der Waals surface area (Å²) in [6, 6.07) is 8.27. The highest BCUT2D eigenvalue weighted by Crippen LogP contribution is 2.32. The summed E-state index contributed by atoms with van der Waals surface area (Å²) in [6.07, 6.45) is 2.16. The van der Waals surface area contributed by atoms with E-state index in [9.17, 15) is 5.11 Å². The van der Waals surface area contributed by atoms with Crippen molar-refractivity contribution in [3.63, 3.8) is 0 Å². The standard InChI is InChI=1S/C14H16O3S2/c1-16-14(17-2)11(15)7-5-10-6-8-13(19-10)12-4-3-9-18-12/h3-9,11,14-15H,1-2H3. The third-order valence-corrected chi connectivity index (χ3v) is 4.71. The summed E-state index contributed by atoms with van der Waals surface area (Å²) in [5, 5.41) is 11.9. The predicted molar refractivity (Wildman–Crippen MR) is 80.5 cm³/mol. The smallest absolute Gasteiger partial charge is 0.186 e. The van der Waals surface area contributed by atoms with E-state index in [0.717, 1.165) is 4.88 Å². The molecule has 2 aromatic rings. The number of ether oxygens (including phenoxy) is 2. The molecule has 0 radical (unpaired) electrons. The lowest BCUT2D eigenvalue weighted by molar-refractivity contribution is -0.149. The zero-order valence-corrected chi connectivity index (χ0v) is 12.4. The normalized spacial score (nSPS) is 13.5. The molecular weight excluding hydrogens is 280 g/mol. The van der Waals surface area contributed by atoms with Gasteiger partial charge in [-0.15, -0.1) is 22.7 Å². The van der Waals surface area contributed by atoms with Crippen LogP contribution in [0.15, 0.2) is 35.7 Å². The molecule has 0 aliphatic rings. The third-order valence-electron chi connectivity index (χ3n) is 2.59. The van der Waals surface area contributed by atoms with Gasteiger partial charge in [0.05, 0.1) is 0 Å². The molecule has 0 spiro atoms. The first kappa shape index (κ1) is 14.4. The molecule has 0 fully saturated rings. The molecule has 1 unspecified atom stereocenters. The zero-order chi connectivity index (χ0) is 13.7. The molecule has 0 bridgehead atoms. The summed E-state index contributed by atoms with van der Waals surface area (Å²) < 4.78 is 9.99. The second-order valence-corrected chi connectivity index (χ2v) is 5.93. The van der Waals surface area contributed by atoms with Gasteiger partial charge in [0.1, 0.15) is 6.10 Å². The fraction of sp³-hybridized carbons (Fsp3) is 0.286. The maximum atomic E-state index is 9.83. The van der Waals surface area contributed by atoms with Crippen LogP contribution in [-0.2, 0) is 9.47 Å². The molecule has 0 aliphatic heterocycles. The van der Waals surface area contributed by atoms with E-state index in [1.807, 2.05) is 18.2 Å². The van der Waals surface area contributed by atoms with Crippen LogP contribution in [0.2, 0.25) is 0 Å². The van der Waals surface area contributed by atoms with Crippen molar-refractivity contribution in [2.45, 2.75) is 12.4 Å². The molecule has 19 heavy (non-hydrogen) atoms. The minimum absolute atomic E-state index is 0.632. The topological polar surface area (TPSA) is 38.7 Å². The first-order chi connectivity index (χ1) is 9.24. The van der Waals surface area contributed by atoms with Gasteiger partial charge in [-0.05, 0) is 35.7 Å². The second kappa shape index (κ2) is 6.98. The molecule has 3 nitrogen and oxygen atoms in total. The molecule has 2 aromatic heterocycles. The molecule has 102 valence electrons. The highest BCUT2D eigenvalue weighted by Gasteiger charge is 2.14. The summed E-state index contributed by atoms with van der Waals surface area (Å²) in [7, 11) is 3.01. The van der Waals surface area contributed by atoms with Crippen LogP contribution in [-0.4, -0.2) is 31.7 Å². The van der Waals surface area contributed by atoms with Gasteiger partial charge in [0.15, 0.2) is 6.29 Å². The van der Waals surface area contributed by atoms with Crippen LogP contribution in [0, 0.1) is 0 Å². The Balaban J connectivity index is 2.04. The molecule has 0 saturated heterocycles. The Hall–Kier alpha value is -0.980. The minimum atomic E-state index is -0.776. The van der Waals surface area contributed by atoms with E-state index in [1.165, 1.54) is 24.0 Å². The van der Waals surface area contributed by atoms with Gasteiger partial charge in [0, 0.05) is 28.9 Å². The van der Waals surface area contributed by atoms with E-state index in [0.29, 0.717) is 0 Å². The van der Waals surface area contributed by atoms with Crippen LogP contribution in [0.25, 0.3) is 15.8 Å². The van der Waals surface area contributed by atoms with E-state index in [-0.39, 0.29) is 0 Å². The zero-order valence-electron chi connectivity index (χ0n) is 10.8. The van der Waals surface area contributed by atoms with Crippen molar-refractivity contribution in [3.8, 4) is 9.75 Å². The Kier molecular flexibility index (Phi) is 5.30. The van der Waals surface area contributed by atoms with Gasteiger partial charge >= 0.3 is 0 Å². The molecule has 5 heteroatoms. The van der Waals surface area contributed by atoms with Crippen molar-refractivity contribution in [2.75, 3.05) is 14.2 Å². The molecule has 0 saturated carbocycles. The van der Waals surface area contributed by atoms with Crippen molar-refractivity contribution < 1.29 is 14.6 Å². The number of hydrogen-bond donors (Lipinski definition) is 1. The van der Waals surface area contributed by atoms with Crippen LogP contribution in [0.4, 0.5) is 0 Å². The molecule has 2 rings (SSSR count). The Labute approximate surface area is 120 Å². The van der Waals surface area contributed by atoms with Crippen molar-refractivity contribution >= 4 is 28.7 Å². The number of aliphatic hydroxyl groups is 1. The maximum absolute atomic E-state index is 9.83. The third kappa shape index (κ3) is 3.75. The Bertz CT molecular complexity index is 513. The average Bonchev–Trinajstić information content (AvgIpc) is 3.08. The summed E-state index contributed by atoms with van der Waals surface area (Å²) >= 11 is 3.41. The molecule has 0 aliphatic carbocycles. The summed E-state index contributed by atoms with van der Waals surface area (Å²) in [5.74, 6) is 0. The van der Waals surface area contributed by atoms with Gasteiger partial charge in [0.2, 0.25) is 0 Å². The Morgan fingerprint density at radius 3 is 2.58 bits per heavy atom. The summed E-state index contributed by atoms with van der Waals surface area (Å²) in [5.41, 5.74) is 0. The van der Waals surface area contributed by atoms with Gasteiger partial charge in [0.25, 0.3) is 0 Å². The highest BCUT2D eigenvalue weighted by molar-refractivity contribution is 7.21. The highest BCUT2D eigenvalue weighted by atomic mass is 32.1. The van der Waals surface area contributed by atoms with Crippen LogP contribution in [0.3, 0.4) is 0 Å². The van der Waals surface area contributed by atoms with E-state index in [1.54, 1.807) is 28.7 Å². The number of methoxy groups -OCH3 is 2. The van der Waals surface area contributed by atoms with Crippen LogP contribution in [0.1, 0.15) is 4.88 Å². The van der Waals surface area contributed by atoms with Crippen LogP contribution in [0.5, 0.6) is 0 Å². The largest absolute Gasteiger partial charge is 0.384 e. The first-order valence-corrected chi connectivity index (χ1v) is 7.50. The fourth-order valence-corrected chi connectivity index (χ4v) is 3.41. The van der Waals surface area contributed by atoms with Crippen molar-refractivity contribution in [3.05, 3.63) is 40.6 Å². The summed E-state index contributed by atoms with van der Waals surface area (Å²) in [4.78, 5) is 3.59. The number of rotatable bonds is 6. The Morgan fingerprint density at radius 2 is 1.95 bits per heavy atom. The number of thiophene rings is 2. The van der Waals surface area contributed by atoms with E-state index in [4.69, 9.17) is 9.47 Å². The predicted octanol–water partition coefficient (Wildman–Crippen LogP) is 3.47. The molecule has 2 heterocycles. The number of hydrogen-bond acceptors (Lipinski definition) is 5. The van der Waals surface area contributed by atoms with Gasteiger partial charge in [-0.1, -0.05) is 6.07 Å². The van der Waals surface area contributed by atoms with Crippen molar-refractivity contribution in [1.82, 2.24) is 0 Å². The molecule has 1 N–H and O–H groups in total. The second-order valence-electron chi connectivity index (χ2n) is 3.87. The van der Waals surface area contributed by atoms with Crippen molar-refractivity contribution in [2.24, 2.45) is 0 Å². The monoisotopic (exact) mass is 296 g/mol. The molecular formula is C14H16O3S2. The molecule has 1 atom stereocenters. The molecule has 0 aromatic carbocycles. The van der Waals surface area contributed by atoms with Crippen LogP contribution < -0.4 is 0 Å². The van der Waals surface area contributed by atoms with Crippen molar-refractivity contribution in [1.29, 1.82) is 0 Å². The van der Waals surface area contributed by atoms with E-state index in [2.05, 4.69) is 17.5 Å². The SMILES string of the molecule is COC(OC)C(O)C=Cc1ccc(-c2cccs2)s1. The quantitative estimate of drug-likeness (QED) is 0.830. The Morgan fingerprint density at radius 1 is 1.16 bits per heavy atom. The average molecular weight is 296 g/mol. The van der Waals surface area contributed by atoms with E-state index < -0.39 is 12.4 Å². The number of aliphatic hydroxyl groups excluding tert-OH is 1. The maximum Gasteiger partial charge on any atom is 0.186 e. The van der Waals surface area contributed by atoms with Gasteiger partial charge in [-0.25, -0.2) is 0 Å². The lowest BCUT2D eigenvalue weighted by atomic mass is 10.3. The van der Waals surface area contributed by atoms with Gasteiger partial charge in [-0.2, -0.15) is 0 Å². The lowest BCUT2D eigenvalue weighted by Crippen LogP contribution is -2.27. The first-order valence-electron chi connectivity index (χ1n) is 5.80. The molecule has 0 amide bonds. The lowest BCUT2D eigenvalue weighted by Gasteiger charge is -2.16. The van der Waals surface area contributed by atoms with Gasteiger partial charge < -0.3 is 14.6 Å². The van der Waals surface area contributed by atoms with Gasteiger partial charge in [-0.3, -0.25) is 0 Å².